The molecule has 6 heteroatoms. The van der Waals surface area contributed by atoms with Crippen LogP contribution in [0.1, 0.15) is 11.1 Å². The molecule has 0 aliphatic rings. The Morgan fingerprint density at radius 3 is 2.41 bits per heavy atom. The summed E-state index contributed by atoms with van der Waals surface area (Å²) < 4.78 is 13.4. The van der Waals surface area contributed by atoms with E-state index in [9.17, 15) is 19.3 Å². The number of benzene rings is 2. The van der Waals surface area contributed by atoms with Crippen LogP contribution in [0.5, 0.6) is 0 Å². The first-order valence-corrected chi connectivity index (χ1v) is 6.80. The minimum absolute atomic E-state index is 0.0750. The fourth-order valence-electron chi connectivity index (χ4n) is 2.11. The Balaban J connectivity index is 1.89. The molecule has 1 amide bonds. The highest BCUT2D eigenvalue weighted by atomic mass is 19.1. The summed E-state index contributed by atoms with van der Waals surface area (Å²) in [6, 6.07) is 12.5. The van der Waals surface area contributed by atoms with Crippen molar-refractivity contribution in [1.82, 2.24) is 5.32 Å². The lowest BCUT2D eigenvalue weighted by Gasteiger charge is -2.06. The van der Waals surface area contributed by atoms with E-state index in [2.05, 4.69) is 5.32 Å². The van der Waals surface area contributed by atoms with Crippen LogP contribution in [0.15, 0.2) is 48.5 Å². The summed E-state index contributed by atoms with van der Waals surface area (Å²) in [5.74, 6) is -0.638. The Morgan fingerprint density at radius 1 is 1.09 bits per heavy atom. The highest BCUT2D eigenvalue weighted by molar-refractivity contribution is 5.79. The first-order chi connectivity index (χ1) is 10.6. The predicted octanol–water partition coefficient (Wildman–Crippen LogP) is 2.64. The fraction of sp³-hybridized carbons (Fsp3) is 0.188. The van der Waals surface area contributed by atoms with Crippen LogP contribution >= 0.6 is 0 Å². The lowest BCUT2D eigenvalue weighted by molar-refractivity contribution is -0.385. The van der Waals surface area contributed by atoms with E-state index in [0.29, 0.717) is 17.5 Å². The second-order valence-corrected chi connectivity index (χ2v) is 4.75. The number of halogens is 1. The molecule has 2 rings (SSSR count). The Hall–Kier alpha value is -2.76. The molecule has 0 saturated heterocycles. The number of amides is 1. The van der Waals surface area contributed by atoms with Crippen molar-refractivity contribution in [3.05, 3.63) is 75.6 Å². The lowest BCUT2D eigenvalue weighted by atomic mass is 10.1. The van der Waals surface area contributed by atoms with E-state index in [1.165, 1.54) is 12.1 Å². The molecule has 2 aromatic rings. The van der Waals surface area contributed by atoms with Gasteiger partial charge in [0.25, 0.3) is 5.69 Å². The molecule has 0 fully saturated rings. The zero-order chi connectivity index (χ0) is 15.9. The fourth-order valence-corrected chi connectivity index (χ4v) is 2.11. The molecule has 0 unspecified atom stereocenters. The molecule has 0 aliphatic carbocycles. The van der Waals surface area contributed by atoms with Crippen molar-refractivity contribution in [2.45, 2.75) is 12.8 Å². The van der Waals surface area contributed by atoms with Gasteiger partial charge in [0.2, 0.25) is 5.91 Å². The van der Waals surface area contributed by atoms with E-state index >= 15 is 0 Å². The van der Waals surface area contributed by atoms with Gasteiger partial charge in [-0.2, -0.15) is 0 Å². The van der Waals surface area contributed by atoms with Gasteiger partial charge in [0.1, 0.15) is 5.82 Å². The number of hydrogen-bond donors (Lipinski definition) is 1. The van der Waals surface area contributed by atoms with Crippen molar-refractivity contribution in [1.29, 1.82) is 0 Å². The number of carbonyl (C=O) groups is 1. The van der Waals surface area contributed by atoms with Crippen LogP contribution in [-0.4, -0.2) is 17.4 Å². The average molecular weight is 302 g/mol. The van der Waals surface area contributed by atoms with Crippen LogP contribution in [0, 0.1) is 15.9 Å². The normalized spacial score (nSPS) is 10.2. The largest absolute Gasteiger partial charge is 0.355 e. The van der Waals surface area contributed by atoms with Crippen LogP contribution in [0.3, 0.4) is 0 Å². The summed E-state index contributed by atoms with van der Waals surface area (Å²) in [6.45, 7) is 0.278. The molecule has 0 aliphatic heterocycles. The zero-order valence-electron chi connectivity index (χ0n) is 11.8. The molecule has 0 saturated carbocycles. The first-order valence-electron chi connectivity index (χ1n) is 6.80. The Labute approximate surface area is 126 Å². The molecule has 2 aromatic carbocycles. The summed E-state index contributed by atoms with van der Waals surface area (Å²) in [5.41, 5.74) is 0.802. The number of hydrogen-bond acceptors (Lipinski definition) is 3. The van der Waals surface area contributed by atoms with E-state index < -0.39 is 4.92 Å². The van der Waals surface area contributed by atoms with E-state index in [-0.39, 0.29) is 30.4 Å². The molecule has 114 valence electrons. The average Bonchev–Trinajstić information content (AvgIpc) is 2.49. The molecular formula is C16H15FN2O3. The smallest absolute Gasteiger partial charge is 0.273 e. The van der Waals surface area contributed by atoms with Crippen molar-refractivity contribution < 1.29 is 14.1 Å². The van der Waals surface area contributed by atoms with E-state index in [1.54, 1.807) is 36.4 Å². The van der Waals surface area contributed by atoms with Gasteiger partial charge in [-0.25, -0.2) is 4.39 Å². The molecule has 0 aromatic heterocycles. The maximum absolute atomic E-state index is 13.4. The van der Waals surface area contributed by atoms with Crippen molar-refractivity contribution in [3.63, 3.8) is 0 Å². The molecule has 0 atom stereocenters. The Kier molecular flexibility index (Phi) is 5.19. The summed E-state index contributed by atoms with van der Waals surface area (Å²) >= 11 is 0. The number of nitro benzene ring substituents is 1. The SMILES string of the molecule is O=C(Cc1ccccc1[N+](=O)[O-])NCCc1ccccc1F. The monoisotopic (exact) mass is 302 g/mol. The molecule has 1 N–H and O–H groups in total. The Morgan fingerprint density at radius 2 is 1.73 bits per heavy atom. The van der Waals surface area contributed by atoms with E-state index in [0.717, 1.165) is 0 Å². The van der Waals surface area contributed by atoms with Gasteiger partial charge >= 0.3 is 0 Å². The second-order valence-electron chi connectivity index (χ2n) is 4.75. The highest BCUT2D eigenvalue weighted by Crippen LogP contribution is 2.17. The van der Waals surface area contributed by atoms with Gasteiger partial charge in [-0.05, 0) is 18.1 Å². The van der Waals surface area contributed by atoms with E-state index in [1.807, 2.05) is 0 Å². The Bertz CT molecular complexity index is 689. The summed E-state index contributed by atoms with van der Waals surface area (Å²) in [7, 11) is 0. The van der Waals surface area contributed by atoms with Crippen LogP contribution in [0.25, 0.3) is 0 Å². The summed E-state index contributed by atoms with van der Waals surface area (Å²) in [5, 5.41) is 13.5. The van der Waals surface area contributed by atoms with Crippen molar-refractivity contribution >= 4 is 11.6 Å². The number of para-hydroxylation sites is 1. The maximum Gasteiger partial charge on any atom is 0.273 e. The van der Waals surface area contributed by atoms with Gasteiger partial charge in [0.05, 0.1) is 11.3 Å². The van der Waals surface area contributed by atoms with Gasteiger partial charge in [-0.3, -0.25) is 14.9 Å². The number of carbonyl (C=O) groups excluding carboxylic acids is 1. The van der Waals surface area contributed by atoms with Crippen LogP contribution in [0.2, 0.25) is 0 Å². The molecule has 22 heavy (non-hydrogen) atoms. The quantitative estimate of drug-likeness (QED) is 0.658. The zero-order valence-corrected chi connectivity index (χ0v) is 11.8. The van der Waals surface area contributed by atoms with E-state index in [4.69, 9.17) is 0 Å². The van der Waals surface area contributed by atoms with Crippen molar-refractivity contribution in [2.24, 2.45) is 0 Å². The second kappa shape index (κ2) is 7.31. The van der Waals surface area contributed by atoms with Crippen molar-refractivity contribution in [3.8, 4) is 0 Å². The summed E-state index contributed by atoms with van der Waals surface area (Å²) in [4.78, 5) is 22.2. The van der Waals surface area contributed by atoms with Gasteiger partial charge < -0.3 is 5.32 Å². The first kappa shape index (κ1) is 15.6. The van der Waals surface area contributed by atoms with Crippen molar-refractivity contribution in [2.75, 3.05) is 6.54 Å². The maximum atomic E-state index is 13.4. The molecule has 0 radical (unpaired) electrons. The third-order valence-electron chi connectivity index (χ3n) is 3.21. The minimum Gasteiger partial charge on any atom is -0.355 e. The highest BCUT2D eigenvalue weighted by Gasteiger charge is 2.15. The minimum atomic E-state index is -0.512. The van der Waals surface area contributed by atoms with Gasteiger partial charge in [-0.15, -0.1) is 0 Å². The van der Waals surface area contributed by atoms with Crippen LogP contribution in [0.4, 0.5) is 10.1 Å². The molecular weight excluding hydrogens is 287 g/mol. The van der Waals surface area contributed by atoms with Crippen LogP contribution in [-0.2, 0) is 17.6 Å². The lowest BCUT2D eigenvalue weighted by Crippen LogP contribution is -2.27. The van der Waals surface area contributed by atoms with Gasteiger partial charge in [0, 0.05) is 18.2 Å². The van der Waals surface area contributed by atoms with Gasteiger partial charge in [0.15, 0.2) is 0 Å². The van der Waals surface area contributed by atoms with Crippen LogP contribution < -0.4 is 5.32 Å². The molecule has 0 bridgehead atoms. The topological polar surface area (TPSA) is 72.2 Å². The predicted molar refractivity (Wildman–Crippen MR) is 79.9 cm³/mol. The number of nitrogens with zero attached hydrogens (tertiary/aromatic N) is 1. The third-order valence-corrected chi connectivity index (χ3v) is 3.21. The van der Waals surface area contributed by atoms with Gasteiger partial charge in [-0.1, -0.05) is 36.4 Å². The number of nitrogens with one attached hydrogen (secondary N) is 1. The summed E-state index contributed by atoms with van der Waals surface area (Å²) in [6.07, 6.45) is 0.295. The number of nitro groups is 1. The third kappa shape index (κ3) is 4.12. The standard InChI is InChI=1S/C16H15FN2O3/c17-14-7-3-1-5-12(14)9-10-18-16(20)11-13-6-2-4-8-15(13)19(21)22/h1-8H,9-11H2,(H,18,20). The molecule has 0 heterocycles. The number of rotatable bonds is 6. The molecule has 0 spiro atoms. The molecule has 5 nitrogen and oxygen atoms in total.